The number of ether oxygens (including phenoxy) is 1. The lowest BCUT2D eigenvalue weighted by atomic mass is 9.97. The number of hydrogen-bond acceptors (Lipinski definition) is 5. The fraction of sp³-hybridized carbons (Fsp3) is 0.429. The Bertz CT molecular complexity index is 862. The molecule has 0 amide bonds. The van der Waals surface area contributed by atoms with E-state index in [1.807, 2.05) is 31.2 Å². The van der Waals surface area contributed by atoms with Crippen LogP contribution in [0.1, 0.15) is 51.2 Å². The number of benzene rings is 2. The maximum absolute atomic E-state index is 11.3. The first-order valence-corrected chi connectivity index (χ1v) is 10.9. The smallest absolute Gasteiger partial charge is 0.472 e. The van der Waals surface area contributed by atoms with Crippen LogP contribution in [-0.2, 0) is 15.5 Å². The molecule has 0 heterocycles. The van der Waals surface area contributed by atoms with Gasteiger partial charge in [-0.25, -0.2) is 9.09 Å². The zero-order valence-electron chi connectivity index (χ0n) is 17.5. The molecule has 8 heteroatoms. The van der Waals surface area contributed by atoms with Crippen LogP contribution in [0.5, 0.6) is 11.5 Å². The van der Waals surface area contributed by atoms with Gasteiger partial charge in [0, 0.05) is 13.8 Å². The Hall–Kier alpha value is -1.89. The maximum atomic E-state index is 11.3. The van der Waals surface area contributed by atoms with Crippen molar-refractivity contribution in [3.05, 3.63) is 47.5 Å². The standard InChI is InChI=1S/C21H29O6P.H3N/c1-5-6-7-10-16-13-18(22)20(17-11-8-9-15(2)12-17)19(14-16)26-21(3,4)27-28(23,24)25;/h8-9,11-14,22H,5-7,10H2,1-4H3,(H2,23,24,25);1H3. The van der Waals surface area contributed by atoms with Gasteiger partial charge < -0.3 is 25.8 Å². The van der Waals surface area contributed by atoms with Crippen molar-refractivity contribution in [2.45, 2.75) is 59.2 Å². The number of phosphoric acid groups is 1. The topological polar surface area (TPSA) is 131 Å². The van der Waals surface area contributed by atoms with Gasteiger partial charge in [-0.05, 0) is 43.0 Å². The molecule has 6 N–H and O–H groups in total. The molecule has 162 valence electrons. The summed E-state index contributed by atoms with van der Waals surface area (Å²) < 4.78 is 21.9. The summed E-state index contributed by atoms with van der Waals surface area (Å²) in [5.41, 5.74) is 3.12. The van der Waals surface area contributed by atoms with Gasteiger partial charge in [0.2, 0.25) is 5.79 Å². The van der Waals surface area contributed by atoms with Crippen molar-refractivity contribution < 1.29 is 28.7 Å². The summed E-state index contributed by atoms with van der Waals surface area (Å²) in [6.45, 7) is 6.91. The molecule has 2 rings (SSSR count). The van der Waals surface area contributed by atoms with Crippen LogP contribution in [0.3, 0.4) is 0 Å². The SMILES string of the molecule is CCCCCc1cc(O)c(-c2cccc(C)c2)c(OC(C)(C)OP(=O)(O)O)c1.N. The monoisotopic (exact) mass is 425 g/mol. The third-order valence-corrected chi connectivity index (χ3v) is 4.89. The number of phenols is 1. The highest BCUT2D eigenvalue weighted by molar-refractivity contribution is 7.46. The normalized spacial score (nSPS) is 11.8. The van der Waals surface area contributed by atoms with Gasteiger partial charge in [0.25, 0.3) is 0 Å². The Kier molecular flexibility index (Phi) is 8.87. The van der Waals surface area contributed by atoms with Gasteiger partial charge in [-0.15, -0.1) is 0 Å². The zero-order chi connectivity index (χ0) is 20.9. The number of phosphoric ester groups is 1. The van der Waals surface area contributed by atoms with E-state index in [9.17, 15) is 9.67 Å². The molecule has 29 heavy (non-hydrogen) atoms. The molecule has 0 atom stereocenters. The van der Waals surface area contributed by atoms with E-state index in [-0.39, 0.29) is 11.9 Å². The number of phenolic OH excluding ortho intramolecular Hbond substituents is 1. The van der Waals surface area contributed by atoms with Crippen LogP contribution in [-0.4, -0.2) is 20.7 Å². The van der Waals surface area contributed by atoms with E-state index in [0.717, 1.165) is 42.4 Å². The molecule has 2 aromatic rings. The van der Waals surface area contributed by atoms with Gasteiger partial charge in [0.05, 0.1) is 5.56 Å². The predicted octanol–water partition coefficient (Wildman–Crippen LogP) is 5.49. The first kappa shape index (κ1) is 25.1. The van der Waals surface area contributed by atoms with E-state index >= 15 is 0 Å². The molecule has 0 spiro atoms. The second-order valence-corrected chi connectivity index (χ2v) is 8.56. The Morgan fingerprint density at radius 2 is 1.79 bits per heavy atom. The Morgan fingerprint density at radius 1 is 1.10 bits per heavy atom. The highest BCUT2D eigenvalue weighted by atomic mass is 31.2. The van der Waals surface area contributed by atoms with E-state index in [0.29, 0.717) is 11.3 Å². The molecule has 0 aliphatic rings. The minimum absolute atomic E-state index is 0. The van der Waals surface area contributed by atoms with Gasteiger partial charge in [-0.3, -0.25) is 0 Å². The summed E-state index contributed by atoms with van der Waals surface area (Å²) in [5.74, 6) is -1.22. The van der Waals surface area contributed by atoms with Gasteiger partial charge in [0.1, 0.15) is 11.5 Å². The second kappa shape index (κ2) is 10.2. The van der Waals surface area contributed by atoms with Crippen LogP contribution < -0.4 is 10.9 Å². The van der Waals surface area contributed by atoms with Crippen LogP contribution in [0.4, 0.5) is 0 Å². The summed E-state index contributed by atoms with van der Waals surface area (Å²) in [6.07, 6.45) is 3.90. The Balaban J connectivity index is 0.00000420. The van der Waals surface area contributed by atoms with Crippen LogP contribution in [0.25, 0.3) is 11.1 Å². The molecule has 0 fully saturated rings. The van der Waals surface area contributed by atoms with Crippen molar-refractivity contribution in [3.63, 3.8) is 0 Å². The molecule has 0 bridgehead atoms. The minimum Gasteiger partial charge on any atom is -0.507 e. The maximum Gasteiger partial charge on any atom is 0.472 e. The third kappa shape index (κ3) is 7.80. The molecule has 0 saturated carbocycles. The molecule has 0 aliphatic carbocycles. The van der Waals surface area contributed by atoms with E-state index in [1.54, 1.807) is 12.1 Å². The Morgan fingerprint density at radius 3 is 2.38 bits per heavy atom. The molecule has 2 aromatic carbocycles. The second-order valence-electron chi connectivity index (χ2n) is 7.40. The highest BCUT2D eigenvalue weighted by Gasteiger charge is 2.32. The fourth-order valence-electron chi connectivity index (χ4n) is 3.12. The largest absolute Gasteiger partial charge is 0.507 e. The van der Waals surface area contributed by atoms with E-state index < -0.39 is 13.6 Å². The molecule has 0 aromatic heterocycles. The van der Waals surface area contributed by atoms with Crippen molar-refractivity contribution in [3.8, 4) is 22.6 Å². The van der Waals surface area contributed by atoms with Crippen molar-refractivity contribution in [1.29, 1.82) is 0 Å². The number of aromatic hydroxyl groups is 1. The zero-order valence-corrected chi connectivity index (χ0v) is 18.4. The number of unbranched alkanes of at least 4 members (excludes halogenated alkanes) is 2. The summed E-state index contributed by atoms with van der Waals surface area (Å²) in [7, 11) is -4.75. The van der Waals surface area contributed by atoms with Crippen LogP contribution in [0.15, 0.2) is 36.4 Å². The summed E-state index contributed by atoms with van der Waals surface area (Å²) in [6, 6.07) is 11.1. The van der Waals surface area contributed by atoms with Crippen LogP contribution in [0, 0.1) is 6.92 Å². The minimum atomic E-state index is -4.75. The van der Waals surface area contributed by atoms with E-state index in [4.69, 9.17) is 19.0 Å². The highest BCUT2D eigenvalue weighted by Crippen LogP contribution is 2.45. The van der Waals surface area contributed by atoms with Gasteiger partial charge in [-0.2, -0.15) is 0 Å². The summed E-state index contributed by atoms with van der Waals surface area (Å²) in [5, 5.41) is 10.7. The van der Waals surface area contributed by atoms with Crippen molar-refractivity contribution >= 4 is 7.82 Å². The summed E-state index contributed by atoms with van der Waals surface area (Å²) in [4.78, 5) is 18.3. The first-order chi connectivity index (χ1) is 13.0. The van der Waals surface area contributed by atoms with E-state index in [2.05, 4.69) is 6.92 Å². The van der Waals surface area contributed by atoms with Crippen LogP contribution >= 0.6 is 7.82 Å². The quantitative estimate of drug-likeness (QED) is 0.237. The first-order valence-electron chi connectivity index (χ1n) is 9.39. The average molecular weight is 425 g/mol. The van der Waals surface area contributed by atoms with Crippen LogP contribution in [0.2, 0.25) is 0 Å². The molecule has 7 nitrogen and oxygen atoms in total. The molecule has 0 aliphatic heterocycles. The number of rotatable bonds is 9. The molecule has 0 saturated heterocycles. The molecular weight excluding hydrogens is 393 g/mol. The molecule has 0 unspecified atom stereocenters. The summed E-state index contributed by atoms with van der Waals surface area (Å²) >= 11 is 0. The van der Waals surface area contributed by atoms with Gasteiger partial charge in [-0.1, -0.05) is 49.6 Å². The van der Waals surface area contributed by atoms with Gasteiger partial charge in [0.15, 0.2) is 0 Å². The van der Waals surface area contributed by atoms with Crippen molar-refractivity contribution in [1.82, 2.24) is 6.15 Å². The average Bonchev–Trinajstić information content (AvgIpc) is 2.52. The number of aryl methyl sites for hydroxylation is 2. The van der Waals surface area contributed by atoms with Crippen molar-refractivity contribution in [2.75, 3.05) is 0 Å². The molecule has 0 radical (unpaired) electrons. The predicted molar refractivity (Wildman–Crippen MR) is 114 cm³/mol. The lowest BCUT2D eigenvalue weighted by Gasteiger charge is -2.28. The third-order valence-electron chi connectivity index (χ3n) is 4.21. The molecular formula is C21H32NO6P. The lowest BCUT2D eigenvalue weighted by molar-refractivity contribution is -0.0956. The lowest BCUT2D eigenvalue weighted by Crippen LogP contribution is -2.31. The van der Waals surface area contributed by atoms with Gasteiger partial charge >= 0.3 is 7.82 Å². The van der Waals surface area contributed by atoms with E-state index in [1.165, 1.54) is 13.8 Å². The number of hydrogen-bond donors (Lipinski definition) is 4. The Labute approximate surface area is 172 Å². The fourth-order valence-corrected chi connectivity index (χ4v) is 3.73. The van der Waals surface area contributed by atoms with Crippen molar-refractivity contribution in [2.24, 2.45) is 0 Å².